The van der Waals surface area contributed by atoms with Gasteiger partial charge in [0.2, 0.25) is 11.8 Å². The molecule has 0 aliphatic heterocycles. The number of amides is 2. The van der Waals surface area contributed by atoms with Gasteiger partial charge in [-0.25, -0.2) is 0 Å². The lowest BCUT2D eigenvalue weighted by Gasteiger charge is -2.34. The molecule has 1 N–H and O–H groups in total. The molecule has 2 aromatic carbocycles. The number of carbonyl (C=O) groups excluding carboxylic acids is 2. The molecule has 0 radical (unpaired) electrons. The van der Waals surface area contributed by atoms with Gasteiger partial charge in [0.1, 0.15) is 0 Å². The zero-order valence-corrected chi connectivity index (χ0v) is 17.1. The summed E-state index contributed by atoms with van der Waals surface area (Å²) in [5.41, 5.74) is 3.26. The minimum absolute atomic E-state index is 0.0171. The van der Waals surface area contributed by atoms with Gasteiger partial charge in [0.25, 0.3) is 0 Å². The molecule has 1 aliphatic carbocycles. The maximum atomic E-state index is 12.8. The highest BCUT2D eigenvalue weighted by Crippen LogP contribution is 2.33. The summed E-state index contributed by atoms with van der Waals surface area (Å²) in [5, 5.41) is 3.43. The number of hydrogen-bond acceptors (Lipinski definition) is 3. The minimum atomic E-state index is -0.164. The molecular weight excluding hydrogens is 374 g/mol. The van der Waals surface area contributed by atoms with Gasteiger partial charge in [0.15, 0.2) is 0 Å². The molecule has 0 heterocycles. The van der Waals surface area contributed by atoms with E-state index in [0.29, 0.717) is 10.7 Å². The molecule has 1 atom stereocenters. The van der Waals surface area contributed by atoms with E-state index in [0.717, 1.165) is 19.3 Å². The Bertz CT molecular complexity index is 838. The third-order valence-corrected chi connectivity index (χ3v) is 5.40. The van der Waals surface area contributed by atoms with Crippen LogP contribution in [0.25, 0.3) is 0 Å². The van der Waals surface area contributed by atoms with Gasteiger partial charge in [-0.15, -0.1) is 0 Å². The van der Waals surface area contributed by atoms with Crippen LogP contribution in [0.2, 0.25) is 5.02 Å². The molecule has 1 aliphatic rings. The largest absolute Gasteiger partial charge is 0.338 e. The van der Waals surface area contributed by atoms with E-state index in [1.165, 1.54) is 11.1 Å². The van der Waals surface area contributed by atoms with Crippen molar-refractivity contribution in [3.05, 3.63) is 64.7 Å². The molecule has 2 aromatic rings. The first-order valence-electron chi connectivity index (χ1n) is 9.51. The fourth-order valence-electron chi connectivity index (χ4n) is 3.68. The van der Waals surface area contributed by atoms with E-state index in [2.05, 4.69) is 23.5 Å². The molecule has 0 saturated carbocycles. The number of benzene rings is 2. The molecule has 6 heteroatoms. The maximum Gasteiger partial charge on any atom is 0.238 e. The van der Waals surface area contributed by atoms with Crippen LogP contribution in [0, 0.1) is 0 Å². The molecule has 0 spiro atoms. The number of rotatable bonds is 6. The molecule has 28 heavy (non-hydrogen) atoms. The van der Waals surface area contributed by atoms with E-state index in [1.807, 2.05) is 18.0 Å². The van der Waals surface area contributed by atoms with Crippen LogP contribution >= 0.6 is 11.6 Å². The summed E-state index contributed by atoms with van der Waals surface area (Å²) in [6.07, 6.45) is 3.12. The smallest absolute Gasteiger partial charge is 0.238 e. The first kappa shape index (κ1) is 20.4. The molecule has 0 saturated heterocycles. The number of hydrogen-bond donors (Lipinski definition) is 1. The summed E-state index contributed by atoms with van der Waals surface area (Å²) in [4.78, 5) is 28.6. The molecule has 148 valence electrons. The molecule has 2 amide bonds. The minimum Gasteiger partial charge on any atom is -0.338 e. The highest BCUT2D eigenvalue weighted by molar-refractivity contribution is 6.30. The first-order chi connectivity index (χ1) is 13.4. The van der Waals surface area contributed by atoms with Crippen molar-refractivity contribution in [2.75, 3.05) is 32.5 Å². The quantitative estimate of drug-likeness (QED) is 0.804. The average molecular weight is 400 g/mol. The molecule has 5 nitrogen and oxygen atoms in total. The van der Waals surface area contributed by atoms with E-state index in [4.69, 9.17) is 11.6 Å². The highest BCUT2D eigenvalue weighted by Gasteiger charge is 2.27. The van der Waals surface area contributed by atoms with Crippen molar-refractivity contribution < 1.29 is 9.59 Å². The average Bonchev–Trinajstić information content (AvgIpc) is 2.68. The van der Waals surface area contributed by atoms with E-state index < -0.39 is 0 Å². The molecule has 0 fully saturated rings. The predicted octanol–water partition coefficient (Wildman–Crippen LogP) is 3.75. The number of nitrogens with one attached hydrogen (secondary N) is 1. The predicted molar refractivity (Wildman–Crippen MR) is 112 cm³/mol. The van der Waals surface area contributed by atoms with Crippen molar-refractivity contribution in [1.29, 1.82) is 0 Å². The van der Waals surface area contributed by atoms with Crippen molar-refractivity contribution in [3.8, 4) is 0 Å². The number of carbonyl (C=O) groups is 2. The zero-order chi connectivity index (χ0) is 20.1. The lowest BCUT2D eigenvalue weighted by atomic mass is 9.87. The van der Waals surface area contributed by atoms with Crippen LogP contribution in [0.3, 0.4) is 0 Å². The van der Waals surface area contributed by atoms with Crippen LogP contribution in [0.4, 0.5) is 5.69 Å². The lowest BCUT2D eigenvalue weighted by Crippen LogP contribution is -2.41. The number of nitrogens with zero attached hydrogens (tertiary/aromatic N) is 2. The molecule has 0 bridgehead atoms. The summed E-state index contributed by atoms with van der Waals surface area (Å²) in [6, 6.07) is 15.4. The zero-order valence-electron chi connectivity index (χ0n) is 16.3. The molecule has 3 rings (SSSR count). The summed E-state index contributed by atoms with van der Waals surface area (Å²) < 4.78 is 0. The molecule has 0 unspecified atom stereocenters. The summed E-state index contributed by atoms with van der Waals surface area (Å²) >= 11 is 5.85. The summed E-state index contributed by atoms with van der Waals surface area (Å²) in [6.45, 7) is 0.340. The third kappa shape index (κ3) is 5.12. The second kappa shape index (κ2) is 9.22. The fourth-order valence-corrected chi connectivity index (χ4v) is 3.81. The van der Waals surface area contributed by atoms with E-state index in [1.54, 1.807) is 36.2 Å². The Hall–Kier alpha value is -2.37. The SMILES string of the molecule is CN(CC(=O)Nc1ccc(Cl)cc1)CC(=O)N(C)[C@@H]1CCCc2ccccc21. The number of fused-ring (bicyclic) bond motifs is 1. The van der Waals surface area contributed by atoms with Crippen molar-refractivity contribution in [3.63, 3.8) is 0 Å². The van der Waals surface area contributed by atoms with Gasteiger partial charge < -0.3 is 10.2 Å². The standard InChI is InChI=1S/C22H26ClN3O2/c1-25(14-21(27)24-18-12-10-17(23)11-13-18)15-22(28)26(2)20-9-5-7-16-6-3-4-8-19(16)20/h3-4,6,8,10-13,20H,5,7,9,14-15H2,1-2H3,(H,24,27)/t20-/m1/s1. The van der Waals surface area contributed by atoms with Gasteiger partial charge in [-0.3, -0.25) is 14.5 Å². The lowest BCUT2D eigenvalue weighted by molar-refractivity contribution is -0.133. The Labute approximate surface area is 171 Å². The molecule has 0 aromatic heterocycles. The Kier molecular flexibility index (Phi) is 6.70. The second-order valence-electron chi connectivity index (χ2n) is 7.34. The number of anilines is 1. The van der Waals surface area contributed by atoms with Gasteiger partial charge >= 0.3 is 0 Å². The van der Waals surface area contributed by atoms with Crippen LogP contribution in [0.1, 0.15) is 30.0 Å². The summed E-state index contributed by atoms with van der Waals surface area (Å²) in [7, 11) is 3.64. The van der Waals surface area contributed by atoms with Gasteiger partial charge in [0, 0.05) is 17.8 Å². The monoisotopic (exact) mass is 399 g/mol. The van der Waals surface area contributed by atoms with Crippen molar-refractivity contribution >= 4 is 29.1 Å². The number of halogens is 1. The topological polar surface area (TPSA) is 52.7 Å². The normalized spacial score (nSPS) is 15.8. The Morgan fingerprint density at radius 1 is 1.07 bits per heavy atom. The van der Waals surface area contributed by atoms with Crippen LogP contribution in [-0.4, -0.2) is 48.8 Å². The third-order valence-electron chi connectivity index (χ3n) is 5.15. The van der Waals surface area contributed by atoms with Gasteiger partial charge in [-0.1, -0.05) is 35.9 Å². The van der Waals surface area contributed by atoms with Crippen LogP contribution in [0.15, 0.2) is 48.5 Å². The Morgan fingerprint density at radius 3 is 2.54 bits per heavy atom. The number of likely N-dealkylation sites (N-methyl/N-ethyl adjacent to an activating group) is 2. The van der Waals surface area contributed by atoms with E-state index >= 15 is 0 Å². The van der Waals surface area contributed by atoms with Crippen LogP contribution < -0.4 is 5.32 Å². The highest BCUT2D eigenvalue weighted by atomic mass is 35.5. The van der Waals surface area contributed by atoms with E-state index in [9.17, 15) is 9.59 Å². The maximum absolute atomic E-state index is 12.8. The van der Waals surface area contributed by atoms with Gasteiger partial charge in [-0.05, 0) is 61.7 Å². The van der Waals surface area contributed by atoms with Gasteiger partial charge in [0.05, 0.1) is 19.1 Å². The van der Waals surface area contributed by atoms with Crippen LogP contribution in [-0.2, 0) is 16.0 Å². The molecular formula is C22H26ClN3O2. The summed E-state index contributed by atoms with van der Waals surface area (Å²) in [5.74, 6) is -0.146. The van der Waals surface area contributed by atoms with Crippen LogP contribution in [0.5, 0.6) is 0 Å². The first-order valence-corrected chi connectivity index (χ1v) is 9.89. The van der Waals surface area contributed by atoms with Gasteiger partial charge in [-0.2, -0.15) is 0 Å². The Morgan fingerprint density at radius 2 is 1.79 bits per heavy atom. The van der Waals surface area contributed by atoms with E-state index in [-0.39, 0.29) is 30.9 Å². The van der Waals surface area contributed by atoms with Crippen molar-refractivity contribution in [2.45, 2.75) is 25.3 Å². The second-order valence-corrected chi connectivity index (χ2v) is 7.78. The van der Waals surface area contributed by atoms with Crippen molar-refractivity contribution in [2.24, 2.45) is 0 Å². The number of aryl methyl sites for hydroxylation is 1. The fraction of sp³-hybridized carbons (Fsp3) is 0.364. The Balaban J connectivity index is 1.54. The van der Waals surface area contributed by atoms with Crippen molar-refractivity contribution in [1.82, 2.24) is 9.80 Å².